The van der Waals surface area contributed by atoms with E-state index in [-0.39, 0.29) is 17.1 Å². The SMILES string of the molecule is CCc1ccc(-n2c(SCC(=O)c3cc(C)c(C)cc3C)nc3ccccc3c2=O)cc1. The second-order valence-corrected chi connectivity index (χ2v) is 8.98. The van der Waals surface area contributed by atoms with Crippen LogP contribution in [-0.4, -0.2) is 21.1 Å². The van der Waals surface area contributed by atoms with Crippen molar-refractivity contribution in [1.82, 2.24) is 9.55 Å². The average Bonchev–Trinajstić information content (AvgIpc) is 2.80. The van der Waals surface area contributed by atoms with Crippen LogP contribution in [0.3, 0.4) is 0 Å². The first-order valence-corrected chi connectivity index (χ1v) is 11.7. The summed E-state index contributed by atoms with van der Waals surface area (Å²) in [5.41, 5.74) is 6.43. The molecule has 0 spiro atoms. The summed E-state index contributed by atoms with van der Waals surface area (Å²) in [6.45, 7) is 8.12. The lowest BCUT2D eigenvalue weighted by molar-refractivity contribution is 0.102. The minimum atomic E-state index is -0.128. The van der Waals surface area contributed by atoms with Gasteiger partial charge in [0.1, 0.15) is 0 Å². The molecule has 3 aromatic carbocycles. The first-order valence-electron chi connectivity index (χ1n) is 10.7. The number of thioether (sulfide) groups is 1. The van der Waals surface area contributed by atoms with Gasteiger partial charge in [-0.2, -0.15) is 0 Å². The van der Waals surface area contributed by atoms with Gasteiger partial charge in [-0.1, -0.05) is 49.0 Å². The molecule has 0 saturated carbocycles. The Kier molecular flexibility index (Phi) is 6.28. The van der Waals surface area contributed by atoms with Crippen molar-refractivity contribution >= 4 is 28.4 Å². The summed E-state index contributed by atoms with van der Waals surface area (Å²) in [5.74, 6) is 0.243. The van der Waals surface area contributed by atoms with Gasteiger partial charge >= 0.3 is 0 Å². The summed E-state index contributed by atoms with van der Waals surface area (Å²) in [7, 11) is 0. The quantitative estimate of drug-likeness (QED) is 0.214. The molecule has 0 aliphatic heterocycles. The molecule has 1 heterocycles. The number of ketones is 1. The van der Waals surface area contributed by atoms with Gasteiger partial charge in [0.25, 0.3) is 5.56 Å². The van der Waals surface area contributed by atoms with Crippen molar-refractivity contribution in [3.8, 4) is 5.69 Å². The third kappa shape index (κ3) is 4.26. The summed E-state index contributed by atoms with van der Waals surface area (Å²) < 4.78 is 1.62. The van der Waals surface area contributed by atoms with Gasteiger partial charge in [0.05, 0.1) is 22.3 Å². The molecule has 0 aliphatic carbocycles. The van der Waals surface area contributed by atoms with Crippen molar-refractivity contribution < 1.29 is 4.79 Å². The maximum absolute atomic E-state index is 13.4. The van der Waals surface area contributed by atoms with Gasteiger partial charge in [-0.25, -0.2) is 4.98 Å². The van der Waals surface area contributed by atoms with Crippen LogP contribution in [0.1, 0.15) is 39.5 Å². The number of hydrogen-bond donors (Lipinski definition) is 0. The monoisotopic (exact) mass is 442 g/mol. The van der Waals surface area contributed by atoms with E-state index in [2.05, 4.69) is 6.92 Å². The maximum Gasteiger partial charge on any atom is 0.266 e. The fourth-order valence-electron chi connectivity index (χ4n) is 3.79. The van der Waals surface area contributed by atoms with Gasteiger partial charge in [-0.3, -0.25) is 14.2 Å². The highest BCUT2D eigenvalue weighted by atomic mass is 32.2. The fourth-order valence-corrected chi connectivity index (χ4v) is 4.68. The Balaban J connectivity index is 1.75. The van der Waals surface area contributed by atoms with Crippen molar-refractivity contribution in [3.05, 3.63) is 98.8 Å². The van der Waals surface area contributed by atoms with Crippen molar-refractivity contribution in [2.75, 3.05) is 5.75 Å². The van der Waals surface area contributed by atoms with E-state index in [1.54, 1.807) is 10.6 Å². The zero-order valence-electron chi connectivity index (χ0n) is 18.8. The Labute approximate surface area is 192 Å². The van der Waals surface area contributed by atoms with Crippen molar-refractivity contribution in [3.63, 3.8) is 0 Å². The third-order valence-electron chi connectivity index (χ3n) is 5.82. The van der Waals surface area contributed by atoms with E-state index >= 15 is 0 Å². The van der Waals surface area contributed by atoms with Crippen LogP contribution in [0.25, 0.3) is 16.6 Å². The van der Waals surface area contributed by atoms with Crippen LogP contribution in [0, 0.1) is 20.8 Å². The van der Waals surface area contributed by atoms with E-state index in [0.29, 0.717) is 16.1 Å². The number of aromatic nitrogens is 2. The number of Topliss-reactive ketones (excluding diaryl/α,β-unsaturated/α-hetero) is 1. The highest BCUT2D eigenvalue weighted by Crippen LogP contribution is 2.24. The lowest BCUT2D eigenvalue weighted by Gasteiger charge is -2.14. The number of nitrogens with zero attached hydrogens (tertiary/aromatic N) is 2. The number of para-hydroxylation sites is 1. The molecule has 0 radical (unpaired) electrons. The predicted octanol–water partition coefficient (Wildman–Crippen LogP) is 5.85. The maximum atomic E-state index is 13.4. The fraction of sp³-hybridized carbons (Fsp3) is 0.222. The molecule has 5 heteroatoms. The highest BCUT2D eigenvalue weighted by molar-refractivity contribution is 7.99. The molecule has 162 valence electrons. The van der Waals surface area contributed by atoms with Gasteiger partial charge in [0.15, 0.2) is 10.9 Å². The molecular formula is C27H26N2O2S. The van der Waals surface area contributed by atoms with E-state index in [9.17, 15) is 9.59 Å². The second kappa shape index (κ2) is 9.13. The lowest BCUT2D eigenvalue weighted by Crippen LogP contribution is -2.22. The molecule has 4 nitrogen and oxygen atoms in total. The first-order chi connectivity index (χ1) is 15.4. The van der Waals surface area contributed by atoms with Crippen LogP contribution in [0.5, 0.6) is 0 Å². The summed E-state index contributed by atoms with van der Waals surface area (Å²) in [6, 6.07) is 19.3. The smallest absolute Gasteiger partial charge is 0.266 e. The Hall–Kier alpha value is -3.18. The second-order valence-electron chi connectivity index (χ2n) is 8.04. The molecule has 0 saturated heterocycles. The van der Waals surface area contributed by atoms with Gasteiger partial charge in [0, 0.05) is 5.56 Å². The van der Waals surface area contributed by atoms with Crippen LogP contribution in [0.4, 0.5) is 0 Å². The topological polar surface area (TPSA) is 52.0 Å². The number of benzene rings is 3. The number of fused-ring (bicyclic) bond motifs is 1. The van der Waals surface area contributed by atoms with E-state index in [1.807, 2.05) is 75.4 Å². The number of carbonyl (C=O) groups excluding carboxylic acids is 1. The number of aryl methyl sites for hydroxylation is 4. The normalized spacial score (nSPS) is 11.1. The highest BCUT2D eigenvalue weighted by Gasteiger charge is 2.17. The summed E-state index contributed by atoms with van der Waals surface area (Å²) in [4.78, 5) is 31.2. The standard InChI is InChI=1S/C27H26N2O2S/c1-5-20-10-12-21(13-11-20)29-26(31)22-8-6-7-9-24(22)28-27(29)32-16-25(30)23-15-18(3)17(2)14-19(23)4/h6-15H,5,16H2,1-4H3. The summed E-state index contributed by atoms with van der Waals surface area (Å²) in [6.07, 6.45) is 0.927. The zero-order valence-corrected chi connectivity index (χ0v) is 19.6. The van der Waals surface area contributed by atoms with E-state index in [4.69, 9.17) is 4.98 Å². The summed E-state index contributed by atoms with van der Waals surface area (Å²) in [5, 5.41) is 1.08. The van der Waals surface area contributed by atoms with Crippen LogP contribution in [0.15, 0.2) is 70.6 Å². The molecule has 4 aromatic rings. The van der Waals surface area contributed by atoms with Gasteiger partial charge in [0.2, 0.25) is 0 Å². The number of hydrogen-bond acceptors (Lipinski definition) is 4. The largest absolute Gasteiger partial charge is 0.293 e. The Morgan fingerprint density at radius 2 is 1.62 bits per heavy atom. The molecule has 32 heavy (non-hydrogen) atoms. The molecule has 0 fully saturated rings. The van der Waals surface area contributed by atoms with Gasteiger partial charge in [-0.15, -0.1) is 0 Å². The van der Waals surface area contributed by atoms with Crippen LogP contribution < -0.4 is 5.56 Å². The first kappa shape index (κ1) is 22.0. The van der Waals surface area contributed by atoms with Crippen molar-refractivity contribution in [2.24, 2.45) is 0 Å². The number of carbonyl (C=O) groups is 1. The molecule has 1 aromatic heterocycles. The Morgan fingerprint density at radius 1 is 0.938 bits per heavy atom. The Morgan fingerprint density at radius 3 is 2.34 bits per heavy atom. The van der Waals surface area contributed by atoms with Crippen molar-refractivity contribution in [2.45, 2.75) is 39.3 Å². The third-order valence-corrected chi connectivity index (χ3v) is 6.76. The van der Waals surface area contributed by atoms with E-state index in [1.165, 1.54) is 22.9 Å². The van der Waals surface area contributed by atoms with E-state index < -0.39 is 0 Å². The molecular weight excluding hydrogens is 416 g/mol. The summed E-state index contributed by atoms with van der Waals surface area (Å²) >= 11 is 1.30. The zero-order chi connectivity index (χ0) is 22.8. The molecule has 0 N–H and O–H groups in total. The van der Waals surface area contributed by atoms with Crippen LogP contribution >= 0.6 is 11.8 Å². The molecule has 0 amide bonds. The molecule has 0 aliphatic rings. The number of rotatable bonds is 6. The average molecular weight is 443 g/mol. The minimum Gasteiger partial charge on any atom is -0.293 e. The Bertz CT molecular complexity index is 1370. The van der Waals surface area contributed by atoms with Crippen LogP contribution in [-0.2, 0) is 6.42 Å². The lowest BCUT2D eigenvalue weighted by atomic mass is 9.99. The van der Waals surface area contributed by atoms with Gasteiger partial charge in [-0.05, 0) is 79.8 Å². The van der Waals surface area contributed by atoms with Crippen molar-refractivity contribution in [1.29, 1.82) is 0 Å². The van der Waals surface area contributed by atoms with Gasteiger partial charge < -0.3 is 0 Å². The minimum absolute atomic E-state index is 0.0332. The van der Waals surface area contributed by atoms with Crippen LogP contribution in [0.2, 0.25) is 0 Å². The molecule has 0 atom stereocenters. The predicted molar refractivity (Wildman–Crippen MR) is 132 cm³/mol. The molecule has 0 bridgehead atoms. The molecule has 4 rings (SSSR count). The van der Waals surface area contributed by atoms with E-state index in [0.717, 1.165) is 28.8 Å². The molecule has 0 unspecified atom stereocenters.